The van der Waals surface area contributed by atoms with Gasteiger partial charge < -0.3 is 0 Å². The minimum Gasteiger partial charge on any atom is -0.206 e. The maximum atomic E-state index is 11.9. The van der Waals surface area contributed by atoms with Crippen LogP contribution in [-0.4, -0.2) is 0 Å². The van der Waals surface area contributed by atoms with E-state index in [-0.39, 0.29) is 18.2 Å². The second-order valence-electron chi connectivity index (χ2n) is 1.21. The molecule has 2 heteroatoms. The summed E-state index contributed by atoms with van der Waals surface area (Å²) < 4.78 is 11.9. The molecule has 1 aromatic rings. The van der Waals surface area contributed by atoms with E-state index in [1.807, 2.05) is 0 Å². The fourth-order valence-electron chi connectivity index (χ4n) is 0.371. The van der Waals surface area contributed by atoms with Gasteiger partial charge in [-0.05, 0) is 6.07 Å². The van der Waals surface area contributed by atoms with Crippen LogP contribution in [0.5, 0.6) is 0 Å². The molecule has 43 valence electrons. The fourth-order valence-corrected chi connectivity index (χ4v) is 0.371. The molecule has 0 bridgehead atoms. The minimum absolute atomic E-state index is 0. The molecule has 0 N–H and O–H groups in total. The van der Waals surface area contributed by atoms with Gasteiger partial charge in [-0.15, -0.1) is 12.4 Å². The first-order chi connectivity index (χ1) is 3.39. The molecule has 1 aromatic carbocycles. The van der Waals surface area contributed by atoms with Gasteiger partial charge in [0.05, 0.1) is 0 Å². The van der Waals surface area contributed by atoms with Crippen LogP contribution in [0.1, 0.15) is 0 Å². The van der Waals surface area contributed by atoms with Gasteiger partial charge in [0.2, 0.25) is 0 Å². The van der Waals surface area contributed by atoms with Crippen LogP contribution in [0.3, 0.4) is 0 Å². The number of benzene rings is 1. The fraction of sp³-hybridized carbons (Fsp3) is 0. The highest BCUT2D eigenvalue weighted by Crippen LogP contribution is 1.90. The lowest BCUT2D eigenvalue weighted by Crippen LogP contribution is -1.65. The summed E-state index contributed by atoms with van der Waals surface area (Å²) in [6.07, 6.45) is 0. The van der Waals surface area contributed by atoms with E-state index in [9.17, 15) is 4.39 Å². The second-order valence-corrected chi connectivity index (χ2v) is 1.21. The number of hydrogen-bond donors (Lipinski definition) is 0. The molecule has 0 aliphatic carbocycles. The Balaban J connectivity index is 0.000000490. The molecule has 0 saturated heterocycles. The smallest absolute Gasteiger partial charge is 0.131 e. The minimum atomic E-state index is -0.303. The summed E-state index contributed by atoms with van der Waals surface area (Å²) in [5.41, 5.74) is 0. The van der Waals surface area contributed by atoms with Crippen LogP contribution >= 0.6 is 12.4 Å². The third-order valence-electron chi connectivity index (χ3n) is 0.671. The molecule has 1 radical (unpaired) electrons. The van der Waals surface area contributed by atoms with Crippen LogP contribution in [-0.2, 0) is 0 Å². The Kier molecular flexibility index (Phi) is 3.20. The van der Waals surface area contributed by atoms with Crippen molar-refractivity contribution >= 4 is 12.4 Å². The standard InChI is InChI=1S/C6H4F.ClH/c7-6-4-2-1-3-5-6;/h1-4H;1H. The Morgan fingerprint density at radius 1 is 1.38 bits per heavy atom. The molecule has 0 unspecified atom stereocenters. The lowest BCUT2D eigenvalue weighted by molar-refractivity contribution is 0.625. The van der Waals surface area contributed by atoms with Crippen molar-refractivity contribution in [3.8, 4) is 0 Å². The summed E-state index contributed by atoms with van der Waals surface area (Å²) in [5.74, 6) is -0.303. The van der Waals surface area contributed by atoms with E-state index in [4.69, 9.17) is 0 Å². The van der Waals surface area contributed by atoms with E-state index in [0.29, 0.717) is 0 Å². The molecular formula is C6H5ClF. The molecule has 0 nitrogen and oxygen atoms in total. The number of rotatable bonds is 0. The normalized spacial score (nSPS) is 7.62. The Morgan fingerprint density at radius 3 is 2.38 bits per heavy atom. The summed E-state index contributed by atoms with van der Waals surface area (Å²) in [5, 5.41) is 0. The number of halogens is 2. The molecule has 1 rings (SSSR count). The molecule has 0 heterocycles. The van der Waals surface area contributed by atoms with E-state index in [1.165, 1.54) is 12.1 Å². The van der Waals surface area contributed by atoms with E-state index in [1.54, 1.807) is 12.1 Å². The average molecular weight is 132 g/mol. The molecule has 8 heavy (non-hydrogen) atoms. The van der Waals surface area contributed by atoms with Gasteiger partial charge in [0.1, 0.15) is 5.82 Å². The molecule has 0 aromatic heterocycles. The first-order valence-corrected chi connectivity index (χ1v) is 2.02. The molecule has 0 aliphatic heterocycles. The summed E-state index contributed by atoms with van der Waals surface area (Å²) in [4.78, 5) is 0. The van der Waals surface area contributed by atoms with Gasteiger partial charge in [-0.2, -0.15) is 0 Å². The SMILES string of the molecule is Cl.Fc1[c]cccc1. The largest absolute Gasteiger partial charge is 0.206 e. The summed E-state index contributed by atoms with van der Waals surface area (Å²) in [6, 6.07) is 8.62. The van der Waals surface area contributed by atoms with E-state index in [0.717, 1.165) is 0 Å². The molecular weight excluding hydrogens is 127 g/mol. The van der Waals surface area contributed by atoms with Gasteiger partial charge in [0, 0.05) is 6.07 Å². The van der Waals surface area contributed by atoms with Gasteiger partial charge in [-0.25, -0.2) is 4.39 Å². The van der Waals surface area contributed by atoms with Crippen molar-refractivity contribution in [2.24, 2.45) is 0 Å². The van der Waals surface area contributed by atoms with Crippen LogP contribution in [0.25, 0.3) is 0 Å². The predicted molar refractivity (Wildman–Crippen MR) is 32.5 cm³/mol. The quantitative estimate of drug-likeness (QED) is 0.506. The van der Waals surface area contributed by atoms with E-state index in [2.05, 4.69) is 6.07 Å². The number of hydrogen-bond acceptors (Lipinski definition) is 0. The van der Waals surface area contributed by atoms with Crippen molar-refractivity contribution in [3.05, 3.63) is 36.1 Å². The topological polar surface area (TPSA) is 0 Å². The Bertz CT molecular complexity index is 138. The third kappa shape index (κ3) is 1.94. The molecule has 0 atom stereocenters. The van der Waals surface area contributed by atoms with Crippen LogP contribution in [0.4, 0.5) is 4.39 Å². The highest BCUT2D eigenvalue weighted by atomic mass is 35.5. The lowest BCUT2D eigenvalue weighted by Gasteiger charge is -1.77. The van der Waals surface area contributed by atoms with Crippen molar-refractivity contribution in [2.45, 2.75) is 0 Å². The zero-order chi connectivity index (χ0) is 5.11. The molecule has 0 fully saturated rings. The van der Waals surface area contributed by atoms with Crippen LogP contribution in [0, 0.1) is 11.9 Å². The second kappa shape index (κ2) is 3.44. The van der Waals surface area contributed by atoms with E-state index >= 15 is 0 Å². The van der Waals surface area contributed by atoms with Gasteiger partial charge in [0.25, 0.3) is 0 Å². The summed E-state index contributed by atoms with van der Waals surface area (Å²) >= 11 is 0. The monoisotopic (exact) mass is 131 g/mol. The van der Waals surface area contributed by atoms with Gasteiger partial charge in [-0.3, -0.25) is 0 Å². The third-order valence-corrected chi connectivity index (χ3v) is 0.671. The Hall–Kier alpha value is -0.560. The lowest BCUT2D eigenvalue weighted by atomic mass is 10.4. The Morgan fingerprint density at radius 2 is 2.12 bits per heavy atom. The van der Waals surface area contributed by atoms with Crippen molar-refractivity contribution in [1.82, 2.24) is 0 Å². The maximum absolute atomic E-state index is 11.9. The van der Waals surface area contributed by atoms with Crippen molar-refractivity contribution in [1.29, 1.82) is 0 Å². The maximum Gasteiger partial charge on any atom is 0.131 e. The average Bonchev–Trinajstić information content (AvgIpc) is 1.69. The predicted octanol–water partition coefficient (Wildman–Crippen LogP) is 2.05. The van der Waals surface area contributed by atoms with Crippen LogP contribution in [0.2, 0.25) is 0 Å². The Labute approximate surface area is 53.8 Å². The van der Waals surface area contributed by atoms with Crippen molar-refractivity contribution < 1.29 is 4.39 Å². The molecule has 0 saturated carbocycles. The zero-order valence-electron chi connectivity index (χ0n) is 4.10. The summed E-state index contributed by atoms with van der Waals surface area (Å²) in [6.45, 7) is 0. The summed E-state index contributed by atoms with van der Waals surface area (Å²) in [7, 11) is 0. The zero-order valence-corrected chi connectivity index (χ0v) is 4.91. The highest BCUT2D eigenvalue weighted by molar-refractivity contribution is 5.85. The molecule has 0 amide bonds. The van der Waals surface area contributed by atoms with Crippen LogP contribution < -0.4 is 0 Å². The first-order valence-electron chi connectivity index (χ1n) is 2.02. The van der Waals surface area contributed by atoms with Crippen molar-refractivity contribution in [2.75, 3.05) is 0 Å². The van der Waals surface area contributed by atoms with Crippen molar-refractivity contribution in [3.63, 3.8) is 0 Å². The van der Waals surface area contributed by atoms with Gasteiger partial charge in [-0.1, -0.05) is 18.2 Å². The van der Waals surface area contributed by atoms with Gasteiger partial charge >= 0.3 is 0 Å². The highest BCUT2D eigenvalue weighted by Gasteiger charge is 1.78. The van der Waals surface area contributed by atoms with E-state index < -0.39 is 0 Å². The van der Waals surface area contributed by atoms with Crippen LogP contribution in [0.15, 0.2) is 24.3 Å². The van der Waals surface area contributed by atoms with Gasteiger partial charge in [0.15, 0.2) is 0 Å². The molecule has 0 spiro atoms. The first kappa shape index (κ1) is 7.44. The molecule has 0 aliphatic rings.